The van der Waals surface area contributed by atoms with Gasteiger partial charge in [0.2, 0.25) is 0 Å². The van der Waals surface area contributed by atoms with Gasteiger partial charge in [-0.05, 0) is 24.6 Å². The molecule has 0 heterocycles. The lowest BCUT2D eigenvalue weighted by Crippen LogP contribution is -2.25. The van der Waals surface area contributed by atoms with E-state index in [4.69, 9.17) is 21.1 Å². The minimum Gasteiger partial charge on any atom is -0.382 e. The van der Waals surface area contributed by atoms with Gasteiger partial charge in [0.1, 0.15) is 0 Å². The highest BCUT2D eigenvalue weighted by atomic mass is 35.5. The van der Waals surface area contributed by atoms with E-state index in [-0.39, 0.29) is 5.91 Å². The third kappa shape index (κ3) is 6.29. The van der Waals surface area contributed by atoms with Crippen LogP contribution in [0, 0.1) is 0 Å². The number of halogens is 1. The molecule has 1 rings (SSSR count). The van der Waals surface area contributed by atoms with Gasteiger partial charge in [-0.3, -0.25) is 4.79 Å². The smallest absolute Gasteiger partial charge is 0.252 e. The van der Waals surface area contributed by atoms with Crippen LogP contribution in [-0.4, -0.2) is 39.4 Å². The zero-order valence-corrected chi connectivity index (χ0v) is 12.5. The normalized spacial score (nSPS) is 10.5. The minimum atomic E-state index is -0.196. The van der Waals surface area contributed by atoms with Crippen molar-refractivity contribution in [3.8, 4) is 0 Å². The highest BCUT2D eigenvalue weighted by Crippen LogP contribution is 2.19. The molecule has 1 amide bonds. The van der Waals surface area contributed by atoms with Gasteiger partial charge < -0.3 is 14.8 Å². The Labute approximate surface area is 123 Å². The van der Waals surface area contributed by atoms with Crippen molar-refractivity contribution in [3.63, 3.8) is 0 Å². The highest BCUT2D eigenvalue weighted by Gasteiger charge is 2.09. The summed E-state index contributed by atoms with van der Waals surface area (Å²) >= 11 is 10.1. The second-order valence-electron chi connectivity index (χ2n) is 3.88. The summed E-state index contributed by atoms with van der Waals surface area (Å²) in [4.78, 5) is 12.6. The van der Waals surface area contributed by atoms with Crippen LogP contribution >= 0.6 is 24.2 Å². The van der Waals surface area contributed by atoms with E-state index in [9.17, 15) is 4.79 Å². The van der Waals surface area contributed by atoms with E-state index in [1.165, 1.54) is 0 Å². The number of nitrogens with one attached hydrogen (secondary N) is 1. The molecular formula is C13H18ClNO3S. The second-order valence-corrected chi connectivity index (χ2v) is 4.80. The van der Waals surface area contributed by atoms with Crippen molar-refractivity contribution in [1.29, 1.82) is 0 Å². The Balaban J connectivity index is 2.26. The second kappa shape index (κ2) is 9.20. The van der Waals surface area contributed by atoms with Crippen LogP contribution in [0.5, 0.6) is 0 Å². The Morgan fingerprint density at radius 1 is 1.37 bits per heavy atom. The van der Waals surface area contributed by atoms with Crippen LogP contribution < -0.4 is 5.32 Å². The zero-order valence-electron chi connectivity index (χ0n) is 10.8. The average Bonchev–Trinajstić information content (AvgIpc) is 2.40. The first-order valence-electron chi connectivity index (χ1n) is 5.98. The molecule has 6 heteroatoms. The van der Waals surface area contributed by atoms with Crippen LogP contribution in [0.4, 0.5) is 0 Å². The van der Waals surface area contributed by atoms with Gasteiger partial charge in [-0.2, -0.15) is 0 Å². The fourth-order valence-corrected chi connectivity index (χ4v) is 1.81. The van der Waals surface area contributed by atoms with Gasteiger partial charge >= 0.3 is 0 Å². The fourth-order valence-electron chi connectivity index (χ4n) is 1.40. The number of ether oxygens (including phenoxy) is 2. The van der Waals surface area contributed by atoms with Crippen LogP contribution in [0.25, 0.3) is 0 Å². The number of carbonyl (C=O) groups is 1. The average molecular weight is 304 g/mol. The quantitative estimate of drug-likeness (QED) is 0.573. The number of benzene rings is 1. The maximum Gasteiger partial charge on any atom is 0.252 e. The summed E-state index contributed by atoms with van der Waals surface area (Å²) in [5, 5.41) is 3.21. The molecule has 0 aliphatic carbocycles. The first-order valence-corrected chi connectivity index (χ1v) is 6.81. The molecule has 0 bridgehead atoms. The summed E-state index contributed by atoms with van der Waals surface area (Å²) in [6, 6.07) is 5.05. The van der Waals surface area contributed by atoms with E-state index in [1.807, 2.05) is 0 Å². The van der Waals surface area contributed by atoms with Crippen molar-refractivity contribution < 1.29 is 14.3 Å². The summed E-state index contributed by atoms with van der Waals surface area (Å²) in [6.07, 6.45) is 0.744. The van der Waals surface area contributed by atoms with Crippen LogP contribution in [0.1, 0.15) is 16.8 Å². The van der Waals surface area contributed by atoms with Crippen molar-refractivity contribution in [1.82, 2.24) is 5.32 Å². The fraction of sp³-hybridized carbons (Fsp3) is 0.462. The van der Waals surface area contributed by atoms with E-state index in [1.54, 1.807) is 25.3 Å². The Bertz CT molecular complexity index is 415. The van der Waals surface area contributed by atoms with Gasteiger partial charge in [-0.15, -0.1) is 12.6 Å². The molecule has 106 valence electrons. The van der Waals surface area contributed by atoms with E-state index < -0.39 is 0 Å². The molecule has 0 unspecified atom stereocenters. The Morgan fingerprint density at radius 2 is 2.16 bits per heavy atom. The molecule has 0 fully saturated rings. The Kier molecular flexibility index (Phi) is 7.90. The minimum absolute atomic E-state index is 0.196. The first-order chi connectivity index (χ1) is 9.15. The van der Waals surface area contributed by atoms with Crippen LogP contribution in [-0.2, 0) is 9.47 Å². The van der Waals surface area contributed by atoms with E-state index in [0.717, 1.165) is 6.42 Å². The van der Waals surface area contributed by atoms with Gasteiger partial charge in [0, 0.05) is 25.2 Å². The molecule has 19 heavy (non-hydrogen) atoms. The van der Waals surface area contributed by atoms with Crippen molar-refractivity contribution in [3.05, 3.63) is 28.8 Å². The Hall–Kier alpha value is -0.750. The van der Waals surface area contributed by atoms with Gasteiger partial charge in [-0.25, -0.2) is 0 Å². The maximum absolute atomic E-state index is 11.9. The first kappa shape index (κ1) is 16.3. The molecular weight excluding hydrogens is 286 g/mol. The van der Waals surface area contributed by atoms with E-state index in [2.05, 4.69) is 17.9 Å². The summed E-state index contributed by atoms with van der Waals surface area (Å²) in [7, 11) is 1.63. The number of hydrogen-bond acceptors (Lipinski definition) is 4. The molecule has 0 saturated heterocycles. The van der Waals surface area contributed by atoms with E-state index in [0.29, 0.717) is 41.8 Å². The predicted octanol–water partition coefficient (Wildman–Crippen LogP) is 2.41. The molecule has 1 aromatic carbocycles. The maximum atomic E-state index is 11.9. The van der Waals surface area contributed by atoms with E-state index >= 15 is 0 Å². The topological polar surface area (TPSA) is 47.6 Å². The molecule has 0 atom stereocenters. The number of thiol groups is 1. The molecule has 0 spiro atoms. The van der Waals surface area contributed by atoms with Crippen molar-refractivity contribution in [2.75, 3.05) is 33.5 Å². The van der Waals surface area contributed by atoms with Crippen molar-refractivity contribution in [2.45, 2.75) is 11.3 Å². The lowest BCUT2D eigenvalue weighted by molar-refractivity contribution is 0.0688. The lowest BCUT2D eigenvalue weighted by atomic mass is 10.2. The van der Waals surface area contributed by atoms with Gasteiger partial charge in [0.05, 0.1) is 23.8 Å². The number of hydrogen-bond donors (Lipinski definition) is 2. The van der Waals surface area contributed by atoms with Crippen molar-refractivity contribution >= 4 is 30.1 Å². The standard InChI is InChI=1S/C13H18ClNO3S/c1-17-7-8-18-6-2-5-15-13(16)11-9-10(19)3-4-12(11)14/h3-4,9,19H,2,5-8H2,1H3,(H,15,16). The number of amides is 1. The largest absolute Gasteiger partial charge is 0.382 e. The molecule has 4 nitrogen and oxygen atoms in total. The number of methoxy groups -OCH3 is 1. The molecule has 0 radical (unpaired) electrons. The molecule has 0 aromatic heterocycles. The highest BCUT2D eigenvalue weighted by molar-refractivity contribution is 7.80. The number of rotatable bonds is 8. The van der Waals surface area contributed by atoms with Gasteiger partial charge in [0.15, 0.2) is 0 Å². The molecule has 1 aromatic rings. The predicted molar refractivity (Wildman–Crippen MR) is 78.3 cm³/mol. The van der Waals surface area contributed by atoms with Crippen molar-refractivity contribution in [2.24, 2.45) is 0 Å². The lowest BCUT2D eigenvalue weighted by Gasteiger charge is -2.08. The molecule has 1 N–H and O–H groups in total. The summed E-state index contributed by atoms with van der Waals surface area (Å²) in [5.41, 5.74) is 0.439. The van der Waals surface area contributed by atoms with Crippen LogP contribution in [0.3, 0.4) is 0 Å². The Morgan fingerprint density at radius 3 is 2.89 bits per heavy atom. The zero-order chi connectivity index (χ0) is 14.1. The summed E-state index contributed by atoms with van der Waals surface area (Å²) in [6.45, 7) is 2.28. The van der Waals surface area contributed by atoms with Gasteiger partial charge in [0.25, 0.3) is 5.91 Å². The molecule has 0 saturated carbocycles. The van der Waals surface area contributed by atoms with Crippen LogP contribution in [0.15, 0.2) is 23.1 Å². The van der Waals surface area contributed by atoms with Crippen LogP contribution in [0.2, 0.25) is 5.02 Å². The monoisotopic (exact) mass is 303 g/mol. The third-order valence-electron chi connectivity index (χ3n) is 2.38. The molecule has 0 aliphatic rings. The number of carbonyl (C=O) groups excluding carboxylic acids is 1. The molecule has 0 aliphatic heterocycles. The SMILES string of the molecule is COCCOCCCNC(=O)c1cc(S)ccc1Cl. The summed E-state index contributed by atoms with van der Waals surface area (Å²) in [5.74, 6) is -0.196. The third-order valence-corrected chi connectivity index (χ3v) is 2.99. The van der Waals surface area contributed by atoms with Gasteiger partial charge in [-0.1, -0.05) is 11.6 Å². The summed E-state index contributed by atoms with van der Waals surface area (Å²) < 4.78 is 10.1.